The Morgan fingerprint density at radius 1 is 1.10 bits per heavy atom. The minimum atomic E-state index is -2.14. The van der Waals surface area contributed by atoms with Crippen LogP contribution in [0.3, 0.4) is 0 Å². The van der Waals surface area contributed by atoms with Gasteiger partial charge in [0.15, 0.2) is 0 Å². The molecular formula is C15H11IO4. The first-order valence-electron chi connectivity index (χ1n) is 5.95. The molecule has 4 nitrogen and oxygen atoms in total. The van der Waals surface area contributed by atoms with Gasteiger partial charge in [-0.2, -0.15) is 0 Å². The third-order valence-electron chi connectivity index (χ3n) is 2.70. The van der Waals surface area contributed by atoms with Crippen molar-refractivity contribution < 1.29 is 17.4 Å². The standard InChI is InChI=1S/C15H11IO4/c1-10(17)19-12-8-6-11(7-9-12)16-14-5-3-2-4-13(14)15(18)20-16/h2-9H,1H3. The molecule has 0 saturated heterocycles. The predicted molar refractivity (Wildman–Crippen MR) is 81.0 cm³/mol. The van der Waals surface area contributed by atoms with Crippen molar-refractivity contribution in [1.29, 1.82) is 0 Å². The number of carbonyl (C=O) groups excluding carboxylic acids is 2. The van der Waals surface area contributed by atoms with Gasteiger partial charge in [-0.15, -0.1) is 0 Å². The molecule has 5 heteroatoms. The average molecular weight is 382 g/mol. The molecule has 0 fully saturated rings. The van der Waals surface area contributed by atoms with E-state index in [0.717, 1.165) is 7.14 Å². The number of hydrogen-bond donors (Lipinski definition) is 0. The number of rotatable bonds is 2. The summed E-state index contributed by atoms with van der Waals surface area (Å²) in [6.07, 6.45) is 0. The van der Waals surface area contributed by atoms with E-state index in [1.165, 1.54) is 6.92 Å². The molecule has 2 aromatic rings. The zero-order chi connectivity index (χ0) is 14.1. The van der Waals surface area contributed by atoms with Gasteiger partial charge in [0.05, 0.1) is 0 Å². The maximum absolute atomic E-state index is 11.8. The van der Waals surface area contributed by atoms with Crippen LogP contribution >= 0.6 is 20.2 Å². The van der Waals surface area contributed by atoms with E-state index in [9.17, 15) is 9.59 Å². The molecule has 0 radical (unpaired) electrons. The molecule has 0 bridgehead atoms. The molecule has 3 rings (SSSR count). The first-order valence-corrected chi connectivity index (χ1v) is 8.99. The average Bonchev–Trinajstić information content (AvgIpc) is 2.77. The summed E-state index contributed by atoms with van der Waals surface area (Å²) in [5, 5.41) is 0. The van der Waals surface area contributed by atoms with E-state index >= 15 is 0 Å². The van der Waals surface area contributed by atoms with Gasteiger partial charge in [-0.25, -0.2) is 0 Å². The number of carbonyl (C=O) groups is 2. The van der Waals surface area contributed by atoms with E-state index < -0.39 is 20.2 Å². The van der Waals surface area contributed by atoms with E-state index in [1.54, 1.807) is 18.2 Å². The van der Waals surface area contributed by atoms with Crippen LogP contribution in [0.2, 0.25) is 0 Å². The molecule has 1 aliphatic rings. The summed E-state index contributed by atoms with van der Waals surface area (Å²) < 4.78 is 12.6. The summed E-state index contributed by atoms with van der Waals surface area (Å²) >= 11 is -2.14. The zero-order valence-electron chi connectivity index (χ0n) is 10.6. The van der Waals surface area contributed by atoms with Crippen molar-refractivity contribution in [2.24, 2.45) is 0 Å². The molecule has 0 atom stereocenters. The normalized spacial score (nSPS) is 14.7. The van der Waals surface area contributed by atoms with Crippen LogP contribution in [0.1, 0.15) is 17.3 Å². The van der Waals surface area contributed by atoms with Gasteiger partial charge in [0.2, 0.25) is 0 Å². The van der Waals surface area contributed by atoms with Crippen molar-refractivity contribution in [2.75, 3.05) is 0 Å². The molecule has 1 heterocycles. The van der Waals surface area contributed by atoms with Crippen LogP contribution in [0.4, 0.5) is 0 Å². The van der Waals surface area contributed by atoms with Crippen LogP contribution in [-0.4, -0.2) is 11.9 Å². The Morgan fingerprint density at radius 3 is 2.50 bits per heavy atom. The molecule has 0 saturated carbocycles. The quantitative estimate of drug-likeness (QED) is 0.455. The van der Waals surface area contributed by atoms with Crippen LogP contribution < -0.4 is 4.74 Å². The van der Waals surface area contributed by atoms with E-state index in [4.69, 9.17) is 7.80 Å². The predicted octanol–water partition coefficient (Wildman–Crippen LogP) is 3.24. The van der Waals surface area contributed by atoms with Crippen molar-refractivity contribution in [1.82, 2.24) is 0 Å². The summed E-state index contributed by atoms with van der Waals surface area (Å²) in [5.74, 6) is -0.0972. The van der Waals surface area contributed by atoms with Crippen LogP contribution in [-0.2, 0) is 7.86 Å². The van der Waals surface area contributed by atoms with E-state index in [0.29, 0.717) is 11.3 Å². The van der Waals surface area contributed by atoms with Crippen molar-refractivity contribution in [3.63, 3.8) is 0 Å². The number of benzene rings is 2. The second kappa shape index (κ2) is 5.24. The summed E-state index contributed by atoms with van der Waals surface area (Å²) in [6, 6.07) is 14.7. The number of esters is 1. The van der Waals surface area contributed by atoms with Gasteiger partial charge < -0.3 is 0 Å². The molecule has 0 N–H and O–H groups in total. The number of hydrogen-bond acceptors (Lipinski definition) is 4. The SMILES string of the molecule is CC(=O)Oc1ccc(I2OC(=O)c3ccccc32)cc1. The third kappa shape index (κ3) is 2.40. The Kier molecular flexibility index (Phi) is 3.43. The minimum absolute atomic E-state index is 0.241. The number of ether oxygens (including phenoxy) is 1. The molecule has 0 aromatic heterocycles. The van der Waals surface area contributed by atoms with Crippen molar-refractivity contribution in [3.8, 4) is 5.75 Å². The Hall–Kier alpha value is -1.89. The first kappa shape index (κ1) is 13.1. The summed E-state index contributed by atoms with van der Waals surface area (Å²) in [6.45, 7) is 1.36. The molecule has 0 aliphatic carbocycles. The van der Waals surface area contributed by atoms with Crippen LogP contribution in [0.5, 0.6) is 5.75 Å². The van der Waals surface area contributed by atoms with E-state index in [-0.39, 0.29) is 11.9 Å². The second-order valence-electron chi connectivity index (χ2n) is 4.14. The fourth-order valence-corrected chi connectivity index (χ4v) is 6.15. The maximum atomic E-state index is 11.8. The van der Waals surface area contributed by atoms with Crippen molar-refractivity contribution in [3.05, 3.63) is 61.2 Å². The van der Waals surface area contributed by atoms with Crippen LogP contribution in [0, 0.1) is 7.14 Å². The molecule has 102 valence electrons. The van der Waals surface area contributed by atoms with Gasteiger partial charge in [-0.1, -0.05) is 0 Å². The molecule has 20 heavy (non-hydrogen) atoms. The molecular weight excluding hydrogens is 371 g/mol. The van der Waals surface area contributed by atoms with E-state index in [1.807, 2.05) is 30.3 Å². The number of halogens is 1. The zero-order valence-corrected chi connectivity index (χ0v) is 12.8. The van der Waals surface area contributed by atoms with Gasteiger partial charge in [0.25, 0.3) is 0 Å². The van der Waals surface area contributed by atoms with Gasteiger partial charge in [0, 0.05) is 0 Å². The van der Waals surface area contributed by atoms with Gasteiger partial charge >= 0.3 is 123 Å². The van der Waals surface area contributed by atoms with Crippen molar-refractivity contribution >= 4 is 32.2 Å². The Bertz CT molecular complexity index is 679. The summed E-state index contributed by atoms with van der Waals surface area (Å²) in [7, 11) is 0. The van der Waals surface area contributed by atoms with Crippen molar-refractivity contribution in [2.45, 2.75) is 6.92 Å². The fraction of sp³-hybridized carbons (Fsp3) is 0.0667. The molecule has 1 aliphatic heterocycles. The summed E-state index contributed by atoms with van der Waals surface area (Å²) in [5.41, 5.74) is 0.668. The first-order chi connectivity index (χ1) is 9.65. The Morgan fingerprint density at radius 2 is 1.80 bits per heavy atom. The summed E-state index contributed by atoms with van der Waals surface area (Å²) in [4.78, 5) is 22.7. The molecule has 0 amide bonds. The molecule has 2 aromatic carbocycles. The fourth-order valence-electron chi connectivity index (χ4n) is 1.87. The van der Waals surface area contributed by atoms with E-state index in [2.05, 4.69) is 0 Å². The van der Waals surface area contributed by atoms with Gasteiger partial charge in [-0.05, 0) is 0 Å². The Balaban J connectivity index is 1.91. The monoisotopic (exact) mass is 382 g/mol. The molecule has 0 unspecified atom stereocenters. The molecule has 0 spiro atoms. The van der Waals surface area contributed by atoms with Crippen LogP contribution in [0.15, 0.2) is 48.5 Å². The topological polar surface area (TPSA) is 52.6 Å². The second-order valence-corrected chi connectivity index (χ2v) is 8.41. The number of fused-ring (bicyclic) bond motifs is 1. The Labute approximate surface area is 123 Å². The third-order valence-corrected chi connectivity index (χ3v) is 7.39. The van der Waals surface area contributed by atoms with Gasteiger partial charge in [-0.3, -0.25) is 0 Å². The van der Waals surface area contributed by atoms with Gasteiger partial charge in [0.1, 0.15) is 0 Å². The van der Waals surface area contributed by atoms with Crippen LogP contribution in [0.25, 0.3) is 0 Å².